The number of carbonyl (C=O) groups excluding carboxylic acids is 1. The Morgan fingerprint density at radius 2 is 1.74 bits per heavy atom. The van der Waals surface area contributed by atoms with Crippen LogP contribution in [0.2, 0.25) is 0 Å². The lowest BCUT2D eigenvalue weighted by molar-refractivity contribution is -0.140. The Balaban J connectivity index is 1.34. The molecule has 4 nitrogen and oxygen atoms in total. The highest BCUT2D eigenvalue weighted by molar-refractivity contribution is 5.83. The molecule has 19 heavy (non-hydrogen) atoms. The lowest BCUT2D eigenvalue weighted by Crippen LogP contribution is -2.41. The van der Waals surface area contributed by atoms with Gasteiger partial charge in [-0.25, -0.2) is 0 Å². The molecule has 0 aromatic rings. The molecule has 4 rings (SSSR count). The van der Waals surface area contributed by atoms with Gasteiger partial charge < -0.3 is 10.0 Å². The standard InChI is InChI=1S/C15H21NO3/c17-13(12-9-2-1-3-10(9)12)16-6-4-15(5-7-16)8-11(15)14(18)19/h9-12H,1-8H2,(H,18,19). The van der Waals surface area contributed by atoms with E-state index >= 15 is 0 Å². The van der Waals surface area contributed by atoms with Crippen LogP contribution < -0.4 is 0 Å². The fourth-order valence-electron chi connectivity index (χ4n) is 4.82. The summed E-state index contributed by atoms with van der Waals surface area (Å²) < 4.78 is 0. The van der Waals surface area contributed by atoms with Crippen LogP contribution in [0.25, 0.3) is 0 Å². The molecule has 1 N–H and O–H groups in total. The molecule has 3 atom stereocenters. The maximum Gasteiger partial charge on any atom is 0.307 e. The van der Waals surface area contributed by atoms with Crippen LogP contribution in [0.4, 0.5) is 0 Å². The molecule has 1 spiro atoms. The first-order valence-corrected chi connectivity index (χ1v) is 7.64. The number of hydrogen-bond donors (Lipinski definition) is 1. The minimum atomic E-state index is -0.642. The number of fused-ring (bicyclic) bond motifs is 1. The number of piperidine rings is 1. The van der Waals surface area contributed by atoms with E-state index in [-0.39, 0.29) is 11.3 Å². The van der Waals surface area contributed by atoms with Crippen molar-refractivity contribution in [2.45, 2.75) is 38.5 Å². The zero-order chi connectivity index (χ0) is 13.2. The maximum atomic E-state index is 12.4. The van der Waals surface area contributed by atoms with Gasteiger partial charge in [0, 0.05) is 19.0 Å². The molecular weight excluding hydrogens is 242 g/mol. The number of rotatable bonds is 2. The van der Waals surface area contributed by atoms with E-state index in [4.69, 9.17) is 5.11 Å². The highest BCUT2D eigenvalue weighted by atomic mass is 16.4. The van der Waals surface area contributed by atoms with Crippen molar-refractivity contribution in [3.63, 3.8) is 0 Å². The summed E-state index contributed by atoms with van der Waals surface area (Å²) in [6, 6.07) is 0. The first kappa shape index (κ1) is 11.7. The average molecular weight is 263 g/mol. The van der Waals surface area contributed by atoms with Crippen LogP contribution in [0.15, 0.2) is 0 Å². The van der Waals surface area contributed by atoms with Crippen molar-refractivity contribution in [2.24, 2.45) is 29.1 Å². The van der Waals surface area contributed by atoms with Gasteiger partial charge in [-0.15, -0.1) is 0 Å². The molecule has 1 amide bonds. The van der Waals surface area contributed by atoms with Gasteiger partial charge in [0.2, 0.25) is 5.91 Å². The summed E-state index contributed by atoms with van der Waals surface area (Å²) in [6.45, 7) is 1.58. The first-order chi connectivity index (χ1) is 9.12. The predicted molar refractivity (Wildman–Crippen MR) is 68.3 cm³/mol. The molecule has 3 aliphatic carbocycles. The zero-order valence-electron chi connectivity index (χ0n) is 11.2. The van der Waals surface area contributed by atoms with Gasteiger partial charge in [0.1, 0.15) is 0 Å². The van der Waals surface area contributed by atoms with Gasteiger partial charge in [0.05, 0.1) is 5.92 Å². The van der Waals surface area contributed by atoms with Gasteiger partial charge in [-0.1, -0.05) is 6.42 Å². The van der Waals surface area contributed by atoms with Crippen LogP contribution in [-0.2, 0) is 9.59 Å². The van der Waals surface area contributed by atoms with Crippen molar-refractivity contribution in [1.29, 1.82) is 0 Å². The van der Waals surface area contributed by atoms with Gasteiger partial charge in [-0.3, -0.25) is 9.59 Å². The molecule has 4 heteroatoms. The average Bonchev–Trinajstić information content (AvgIpc) is 3.23. The van der Waals surface area contributed by atoms with Crippen molar-refractivity contribution < 1.29 is 14.7 Å². The Morgan fingerprint density at radius 1 is 1.11 bits per heavy atom. The number of carboxylic acids is 1. The second-order valence-corrected chi connectivity index (χ2v) is 7.07. The molecule has 4 fully saturated rings. The van der Waals surface area contributed by atoms with Crippen LogP contribution in [-0.4, -0.2) is 35.0 Å². The molecule has 0 aromatic carbocycles. The fraction of sp³-hybridized carbons (Fsp3) is 0.867. The van der Waals surface area contributed by atoms with Crippen molar-refractivity contribution in [3.8, 4) is 0 Å². The number of amides is 1. The van der Waals surface area contributed by atoms with Crippen molar-refractivity contribution in [1.82, 2.24) is 4.90 Å². The molecule has 3 saturated carbocycles. The SMILES string of the molecule is O=C(O)C1CC12CCN(C(=O)C1C3CCCC31)CC2. The number of carboxylic acid groups (broad SMARTS) is 1. The normalized spacial score (nSPS) is 42.0. The van der Waals surface area contributed by atoms with E-state index in [9.17, 15) is 9.59 Å². The highest BCUT2D eigenvalue weighted by Crippen LogP contribution is 2.61. The Bertz CT molecular complexity index is 429. The largest absolute Gasteiger partial charge is 0.481 e. The molecule has 0 aromatic heterocycles. The maximum absolute atomic E-state index is 12.4. The summed E-state index contributed by atoms with van der Waals surface area (Å²) in [5.41, 5.74) is 0.0437. The van der Waals surface area contributed by atoms with Crippen molar-refractivity contribution in [3.05, 3.63) is 0 Å². The number of hydrogen-bond acceptors (Lipinski definition) is 2. The summed E-state index contributed by atoms with van der Waals surface area (Å²) in [5.74, 6) is 1.31. The highest BCUT2D eigenvalue weighted by Gasteiger charge is 2.61. The molecular formula is C15H21NO3. The lowest BCUT2D eigenvalue weighted by atomic mass is 9.90. The summed E-state index contributed by atoms with van der Waals surface area (Å²) in [7, 11) is 0. The van der Waals surface area contributed by atoms with Gasteiger partial charge in [0.15, 0.2) is 0 Å². The van der Waals surface area contributed by atoms with Gasteiger partial charge in [0.25, 0.3) is 0 Å². The summed E-state index contributed by atoms with van der Waals surface area (Å²) in [5, 5.41) is 9.07. The smallest absolute Gasteiger partial charge is 0.307 e. The predicted octanol–water partition coefficient (Wildman–Crippen LogP) is 1.75. The molecule has 1 heterocycles. The summed E-state index contributed by atoms with van der Waals surface area (Å²) in [6.07, 6.45) is 6.44. The van der Waals surface area contributed by atoms with Crippen LogP contribution >= 0.6 is 0 Å². The van der Waals surface area contributed by atoms with E-state index in [0.29, 0.717) is 23.7 Å². The molecule has 4 aliphatic rings. The molecule has 1 saturated heterocycles. The quantitative estimate of drug-likeness (QED) is 0.825. The van der Waals surface area contributed by atoms with Crippen LogP contribution in [0, 0.1) is 29.1 Å². The van der Waals surface area contributed by atoms with Gasteiger partial charge in [-0.2, -0.15) is 0 Å². The third kappa shape index (κ3) is 1.65. The molecule has 0 bridgehead atoms. The van der Waals surface area contributed by atoms with E-state index in [0.717, 1.165) is 32.4 Å². The van der Waals surface area contributed by atoms with E-state index in [2.05, 4.69) is 0 Å². The van der Waals surface area contributed by atoms with Gasteiger partial charge >= 0.3 is 5.97 Å². The van der Waals surface area contributed by atoms with E-state index < -0.39 is 5.97 Å². The van der Waals surface area contributed by atoms with Crippen LogP contribution in [0.5, 0.6) is 0 Å². The minimum Gasteiger partial charge on any atom is -0.481 e. The number of aliphatic carboxylic acids is 1. The number of nitrogens with zero attached hydrogens (tertiary/aromatic N) is 1. The van der Waals surface area contributed by atoms with Crippen LogP contribution in [0.3, 0.4) is 0 Å². The van der Waals surface area contributed by atoms with E-state index in [1.807, 2.05) is 4.90 Å². The Labute approximate surface area is 113 Å². The molecule has 1 aliphatic heterocycles. The lowest BCUT2D eigenvalue weighted by Gasteiger charge is -2.33. The Hall–Kier alpha value is -1.06. The fourth-order valence-corrected chi connectivity index (χ4v) is 4.82. The number of carbonyl (C=O) groups is 2. The second kappa shape index (κ2) is 3.74. The monoisotopic (exact) mass is 263 g/mol. The van der Waals surface area contributed by atoms with Gasteiger partial charge in [-0.05, 0) is 49.4 Å². The van der Waals surface area contributed by atoms with Crippen LogP contribution in [0.1, 0.15) is 38.5 Å². The molecule has 3 unspecified atom stereocenters. The Kier molecular flexibility index (Phi) is 2.31. The Morgan fingerprint density at radius 3 is 2.26 bits per heavy atom. The summed E-state index contributed by atoms with van der Waals surface area (Å²) in [4.78, 5) is 25.5. The first-order valence-electron chi connectivity index (χ1n) is 7.64. The third-order valence-electron chi connectivity index (χ3n) is 6.25. The zero-order valence-corrected chi connectivity index (χ0v) is 11.2. The van der Waals surface area contributed by atoms with Crippen molar-refractivity contribution >= 4 is 11.9 Å². The summed E-state index contributed by atoms with van der Waals surface area (Å²) >= 11 is 0. The minimum absolute atomic E-state index is 0.0437. The topological polar surface area (TPSA) is 57.6 Å². The molecule has 0 radical (unpaired) electrons. The second-order valence-electron chi connectivity index (χ2n) is 7.07. The third-order valence-corrected chi connectivity index (χ3v) is 6.25. The van der Waals surface area contributed by atoms with E-state index in [1.54, 1.807) is 0 Å². The molecule has 104 valence electrons. The number of likely N-dealkylation sites (tertiary alicyclic amines) is 1. The van der Waals surface area contributed by atoms with E-state index in [1.165, 1.54) is 19.3 Å². The van der Waals surface area contributed by atoms with Crippen molar-refractivity contribution in [2.75, 3.05) is 13.1 Å².